The van der Waals surface area contributed by atoms with Crippen molar-refractivity contribution >= 4 is 29.9 Å². The predicted octanol–water partition coefficient (Wildman–Crippen LogP) is 4.57. The van der Waals surface area contributed by atoms with Gasteiger partial charge in [-0.1, -0.05) is 30.3 Å². The number of nitrogens with zero attached hydrogens (tertiary/aromatic N) is 3. The molecule has 2 saturated heterocycles. The molecule has 5 nitrogen and oxygen atoms in total. The number of nitrogens with one attached hydrogen (secondary N) is 2. The van der Waals surface area contributed by atoms with Gasteiger partial charge in [0.15, 0.2) is 5.96 Å². The van der Waals surface area contributed by atoms with Crippen LogP contribution >= 0.6 is 24.0 Å². The third-order valence-corrected chi connectivity index (χ3v) is 6.36. The summed E-state index contributed by atoms with van der Waals surface area (Å²) in [5.74, 6) is 0.385. The summed E-state index contributed by atoms with van der Waals surface area (Å²) < 4.78 is 14.1. The SMILES string of the molecule is CCNC(=NCc1cc(C#N)ccc1F)NC1CC2CCC(C1)N2Cc1ccccc1.I. The molecule has 0 spiro atoms. The quantitative estimate of drug-likeness (QED) is 0.316. The van der Waals surface area contributed by atoms with Crippen molar-refractivity contribution in [3.63, 3.8) is 0 Å². The summed E-state index contributed by atoms with van der Waals surface area (Å²) in [6.07, 6.45) is 4.67. The molecule has 0 saturated carbocycles. The monoisotopic (exact) mass is 547 g/mol. The van der Waals surface area contributed by atoms with Gasteiger partial charge < -0.3 is 10.6 Å². The minimum absolute atomic E-state index is 0. The van der Waals surface area contributed by atoms with Gasteiger partial charge in [0, 0.05) is 36.8 Å². The number of benzene rings is 2. The normalized spacial score (nSPS) is 22.7. The number of nitriles is 1. The van der Waals surface area contributed by atoms with Gasteiger partial charge in [0.1, 0.15) is 5.82 Å². The van der Waals surface area contributed by atoms with Crippen LogP contribution in [0.25, 0.3) is 0 Å². The fourth-order valence-electron chi connectivity index (χ4n) is 4.89. The van der Waals surface area contributed by atoms with Gasteiger partial charge in [-0.15, -0.1) is 24.0 Å². The van der Waals surface area contributed by atoms with E-state index in [0.717, 1.165) is 25.9 Å². The lowest BCUT2D eigenvalue weighted by molar-refractivity contribution is 0.114. The number of rotatable bonds is 6. The molecule has 2 bridgehead atoms. The maximum Gasteiger partial charge on any atom is 0.191 e. The Balaban J connectivity index is 0.00000289. The van der Waals surface area contributed by atoms with Crippen LogP contribution in [0.1, 0.15) is 49.3 Å². The Kier molecular flexibility index (Phi) is 8.88. The average molecular weight is 547 g/mol. The van der Waals surface area contributed by atoms with Crippen LogP contribution in [0.2, 0.25) is 0 Å². The lowest BCUT2D eigenvalue weighted by atomic mass is 9.96. The molecule has 4 rings (SSSR count). The fraction of sp³-hybridized carbons (Fsp3) is 0.440. The first-order valence-corrected chi connectivity index (χ1v) is 11.2. The highest BCUT2D eigenvalue weighted by Crippen LogP contribution is 2.36. The molecule has 2 fully saturated rings. The first-order chi connectivity index (χ1) is 15.2. The Hall–Kier alpha value is -2.18. The second-order valence-corrected chi connectivity index (χ2v) is 8.47. The van der Waals surface area contributed by atoms with Gasteiger partial charge >= 0.3 is 0 Å². The molecule has 2 heterocycles. The fourth-order valence-corrected chi connectivity index (χ4v) is 4.89. The van der Waals surface area contributed by atoms with E-state index < -0.39 is 0 Å². The topological polar surface area (TPSA) is 63.5 Å². The molecular weight excluding hydrogens is 516 g/mol. The van der Waals surface area contributed by atoms with E-state index in [9.17, 15) is 4.39 Å². The number of hydrogen-bond donors (Lipinski definition) is 2. The summed E-state index contributed by atoms with van der Waals surface area (Å²) in [5, 5.41) is 15.9. The van der Waals surface area contributed by atoms with E-state index in [1.807, 2.05) is 6.92 Å². The van der Waals surface area contributed by atoms with Crippen molar-refractivity contribution in [3.05, 3.63) is 71.0 Å². The summed E-state index contributed by atoms with van der Waals surface area (Å²) in [7, 11) is 0. The van der Waals surface area contributed by atoms with E-state index in [-0.39, 0.29) is 36.3 Å². The Labute approximate surface area is 207 Å². The molecule has 0 amide bonds. The summed E-state index contributed by atoms with van der Waals surface area (Å²) >= 11 is 0. The van der Waals surface area contributed by atoms with Gasteiger partial charge in [0.2, 0.25) is 0 Å². The molecule has 2 atom stereocenters. The number of fused-ring (bicyclic) bond motifs is 2. The van der Waals surface area contributed by atoms with Gasteiger partial charge in [-0.05, 0) is 56.4 Å². The van der Waals surface area contributed by atoms with E-state index in [0.29, 0.717) is 35.2 Å². The van der Waals surface area contributed by atoms with Crippen LogP contribution in [0.3, 0.4) is 0 Å². The highest BCUT2D eigenvalue weighted by Gasteiger charge is 2.40. The van der Waals surface area contributed by atoms with Crippen LogP contribution in [0.5, 0.6) is 0 Å². The van der Waals surface area contributed by atoms with Gasteiger partial charge in [0.25, 0.3) is 0 Å². The predicted molar refractivity (Wildman–Crippen MR) is 136 cm³/mol. The maximum absolute atomic E-state index is 14.1. The number of piperidine rings is 1. The second kappa shape index (κ2) is 11.6. The van der Waals surface area contributed by atoms with E-state index >= 15 is 0 Å². The number of aliphatic imine (C=N–C) groups is 1. The summed E-state index contributed by atoms with van der Waals surface area (Å²) in [6.45, 7) is 3.99. The first-order valence-electron chi connectivity index (χ1n) is 11.2. The van der Waals surface area contributed by atoms with Crippen molar-refractivity contribution in [2.75, 3.05) is 6.54 Å². The standard InChI is InChI=1S/C25H30FN5.HI/c1-2-28-25(29-16-20-12-19(15-27)8-11-24(20)26)30-21-13-22-9-10-23(14-21)31(22)17-18-6-4-3-5-7-18;/h3-8,11-12,21-23H,2,9-10,13-14,16-17H2,1H3,(H2,28,29,30);1H. The largest absolute Gasteiger partial charge is 0.357 e. The average Bonchev–Trinajstić information content (AvgIpc) is 3.01. The Morgan fingerprint density at radius 2 is 1.88 bits per heavy atom. The number of halogens is 2. The smallest absolute Gasteiger partial charge is 0.191 e. The minimum Gasteiger partial charge on any atom is -0.357 e. The van der Waals surface area contributed by atoms with Gasteiger partial charge in [-0.3, -0.25) is 4.90 Å². The van der Waals surface area contributed by atoms with Crippen molar-refractivity contribution in [1.29, 1.82) is 5.26 Å². The highest BCUT2D eigenvalue weighted by atomic mass is 127. The summed E-state index contributed by atoms with van der Waals surface area (Å²) in [6, 6.07) is 18.7. The molecule has 7 heteroatoms. The van der Waals surface area contributed by atoms with Crippen LogP contribution in [0, 0.1) is 17.1 Å². The van der Waals surface area contributed by atoms with Crippen LogP contribution in [0.4, 0.5) is 4.39 Å². The molecule has 32 heavy (non-hydrogen) atoms. The Morgan fingerprint density at radius 3 is 2.53 bits per heavy atom. The lowest BCUT2D eigenvalue weighted by Gasteiger charge is -2.39. The molecule has 2 N–H and O–H groups in total. The van der Waals surface area contributed by atoms with Crippen molar-refractivity contribution in [2.24, 2.45) is 4.99 Å². The molecule has 2 unspecified atom stereocenters. The van der Waals surface area contributed by atoms with Crippen LogP contribution in [-0.4, -0.2) is 35.5 Å². The van der Waals surface area contributed by atoms with Gasteiger partial charge in [0.05, 0.1) is 18.2 Å². The summed E-state index contributed by atoms with van der Waals surface area (Å²) in [5.41, 5.74) is 2.27. The molecule has 2 aliphatic rings. The van der Waals surface area contributed by atoms with E-state index in [4.69, 9.17) is 5.26 Å². The lowest BCUT2D eigenvalue weighted by Crippen LogP contribution is -2.52. The maximum atomic E-state index is 14.1. The van der Waals surface area contributed by atoms with Crippen molar-refractivity contribution in [3.8, 4) is 6.07 Å². The molecule has 0 radical (unpaired) electrons. The molecule has 170 valence electrons. The molecule has 0 aliphatic carbocycles. The van der Waals surface area contributed by atoms with Gasteiger partial charge in [-0.25, -0.2) is 9.38 Å². The van der Waals surface area contributed by atoms with Crippen LogP contribution < -0.4 is 10.6 Å². The third kappa shape index (κ3) is 5.99. The second-order valence-electron chi connectivity index (χ2n) is 8.47. The minimum atomic E-state index is -0.328. The van der Waals surface area contributed by atoms with E-state index in [2.05, 4.69) is 56.9 Å². The zero-order valence-corrected chi connectivity index (χ0v) is 20.8. The van der Waals surface area contributed by atoms with E-state index in [1.165, 1.54) is 30.5 Å². The number of guanidine groups is 1. The van der Waals surface area contributed by atoms with Crippen molar-refractivity contribution in [1.82, 2.24) is 15.5 Å². The third-order valence-electron chi connectivity index (χ3n) is 6.36. The molecule has 2 aromatic rings. The highest BCUT2D eigenvalue weighted by molar-refractivity contribution is 14.0. The van der Waals surface area contributed by atoms with Crippen molar-refractivity contribution in [2.45, 2.75) is 63.8 Å². The zero-order valence-electron chi connectivity index (χ0n) is 18.4. The van der Waals surface area contributed by atoms with Crippen LogP contribution in [-0.2, 0) is 13.1 Å². The van der Waals surface area contributed by atoms with Crippen LogP contribution in [0.15, 0.2) is 53.5 Å². The molecular formula is C25H31FIN5. The van der Waals surface area contributed by atoms with Crippen molar-refractivity contribution < 1.29 is 4.39 Å². The number of hydrogen-bond acceptors (Lipinski definition) is 3. The molecule has 2 aromatic carbocycles. The first kappa shape index (κ1) is 24.5. The molecule has 0 aromatic heterocycles. The van der Waals surface area contributed by atoms with Gasteiger partial charge in [-0.2, -0.15) is 5.26 Å². The Bertz CT molecular complexity index is 945. The van der Waals surface area contributed by atoms with E-state index in [1.54, 1.807) is 6.07 Å². The zero-order chi connectivity index (χ0) is 21.6. The Morgan fingerprint density at radius 1 is 1.16 bits per heavy atom. The summed E-state index contributed by atoms with van der Waals surface area (Å²) in [4.78, 5) is 7.27. The molecule has 2 aliphatic heterocycles.